The number of fused-ring (bicyclic) bond motifs is 1. The van der Waals surface area contributed by atoms with E-state index < -0.39 is 0 Å². The zero-order valence-corrected chi connectivity index (χ0v) is 15.7. The third kappa shape index (κ3) is 2.14. The van der Waals surface area contributed by atoms with Crippen LogP contribution >= 0.6 is 15.9 Å². The van der Waals surface area contributed by atoms with Crippen LogP contribution < -0.4 is 0 Å². The molecule has 3 rings (SSSR count). The van der Waals surface area contributed by atoms with Gasteiger partial charge in [0.05, 0.1) is 5.69 Å². The Bertz CT molecular complexity index is 747. The molecule has 0 aliphatic carbocycles. The van der Waals surface area contributed by atoms with Gasteiger partial charge in [0.2, 0.25) is 0 Å². The summed E-state index contributed by atoms with van der Waals surface area (Å²) in [6, 6.07) is 8.93. The van der Waals surface area contributed by atoms with Crippen molar-refractivity contribution in [2.75, 3.05) is 7.05 Å². The second-order valence-corrected chi connectivity index (χ2v) is 8.11. The number of aromatic nitrogens is 1. The zero-order valence-electron chi connectivity index (χ0n) is 14.2. The van der Waals surface area contributed by atoms with Gasteiger partial charge in [0, 0.05) is 27.3 Å². The van der Waals surface area contributed by atoms with Gasteiger partial charge in [-0.2, -0.15) is 0 Å². The molecule has 0 bridgehead atoms. The van der Waals surface area contributed by atoms with Gasteiger partial charge in [0.1, 0.15) is 0 Å². The van der Waals surface area contributed by atoms with Crippen molar-refractivity contribution in [3.8, 4) is 11.3 Å². The van der Waals surface area contributed by atoms with Gasteiger partial charge in [-0.25, -0.2) is 0 Å². The zero-order chi connectivity index (χ0) is 16.3. The SMILES string of the molecule is Cc1cc(-c2ccc3c(c2)C(C)(C)N(C)C3(C)C)ncc1Br. The Morgan fingerprint density at radius 3 is 2.27 bits per heavy atom. The van der Waals surface area contributed by atoms with Crippen LogP contribution in [0.5, 0.6) is 0 Å². The highest BCUT2D eigenvalue weighted by Gasteiger charge is 2.46. The van der Waals surface area contributed by atoms with E-state index in [0.717, 1.165) is 10.2 Å². The number of rotatable bonds is 1. The van der Waals surface area contributed by atoms with Gasteiger partial charge in [-0.3, -0.25) is 9.88 Å². The van der Waals surface area contributed by atoms with Crippen molar-refractivity contribution in [2.45, 2.75) is 45.7 Å². The lowest BCUT2D eigenvalue weighted by Gasteiger charge is -2.37. The van der Waals surface area contributed by atoms with Crippen LogP contribution in [0.4, 0.5) is 0 Å². The molecule has 0 radical (unpaired) electrons. The summed E-state index contributed by atoms with van der Waals surface area (Å²) in [6.07, 6.45) is 1.89. The molecule has 1 aliphatic rings. The van der Waals surface area contributed by atoms with Gasteiger partial charge in [0.15, 0.2) is 0 Å². The number of hydrogen-bond acceptors (Lipinski definition) is 2. The summed E-state index contributed by atoms with van der Waals surface area (Å²) in [6.45, 7) is 11.3. The molecule has 0 amide bonds. The van der Waals surface area contributed by atoms with E-state index in [2.05, 4.69) is 91.7 Å². The molecule has 0 spiro atoms. The summed E-state index contributed by atoms with van der Waals surface area (Å²) in [5, 5.41) is 0. The number of nitrogens with zero attached hydrogens (tertiary/aromatic N) is 2. The Hall–Kier alpha value is -1.19. The first-order valence-corrected chi connectivity index (χ1v) is 8.46. The summed E-state index contributed by atoms with van der Waals surface area (Å²) in [5.74, 6) is 0. The average molecular weight is 359 g/mol. The number of halogens is 1. The fourth-order valence-corrected chi connectivity index (χ4v) is 3.72. The van der Waals surface area contributed by atoms with Crippen molar-refractivity contribution in [2.24, 2.45) is 0 Å². The molecule has 2 heterocycles. The molecule has 3 heteroatoms. The minimum atomic E-state index is 0.0270. The van der Waals surface area contributed by atoms with Gasteiger partial charge in [-0.1, -0.05) is 12.1 Å². The first-order chi connectivity index (χ1) is 10.2. The highest BCUT2D eigenvalue weighted by molar-refractivity contribution is 9.10. The van der Waals surface area contributed by atoms with E-state index in [0.29, 0.717) is 0 Å². The lowest BCUT2D eigenvalue weighted by atomic mass is 9.88. The van der Waals surface area contributed by atoms with Crippen molar-refractivity contribution in [3.63, 3.8) is 0 Å². The molecule has 0 atom stereocenters. The minimum absolute atomic E-state index is 0.0270. The van der Waals surface area contributed by atoms with Crippen molar-refractivity contribution < 1.29 is 0 Å². The van der Waals surface area contributed by atoms with Crippen LogP contribution in [-0.4, -0.2) is 16.9 Å². The molecular weight excluding hydrogens is 336 g/mol. The van der Waals surface area contributed by atoms with Crippen molar-refractivity contribution in [1.82, 2.24) is 9.88 Å². The van der Waals surface area contributed by atoms with Crippen LogP contribution in [0.25, 0.3) is 11.3 Å². The quantitative estimate of drug-likeness (QED) is 0.693. The predicted octanol–water partition coefficient (Wildman–Crippen LogP) is 5.24. The fraction of sp³-hybridized carbons (Fsp3) is 0.421. The molecule has 0 saturated carbocycles. The number of pyridine rings is 1. The van der Waals surface area contributed by atoms with E-state index in [1.165, 1.54) is 22.3 Å². The summed E-state index contributed by atoms with van der Waals surface area (Å²) in [7, 11) is 2.21. The maximum atomic E-state index is 4.58. The molecule has 1 aromatic heterocycles. The van der Waals surface area contributed by atoms with Gasteiger partial charge in [-0.05, 0) is 86.4 Å². The van der Waals surface area contributed by atoms with Crippen LogP contribution in [0.1, 0.15) is 44.4 Å². The van der Waals surface area contributed by atoms with Crippen LogP contribution in [0.3, 0.4) is 0 Å². The van der Waals surface area contributed by atoms with Gasteiger partial charge < -0.3 is 0 Å². The Morgan fingerprint density at radius 1 is 1.00 bits per heavy atom. The van der Waals surface area contributed by atoms with Gasteiger partial charge >= 0.3 is 0 Å². The molecule has 0 unspecified atom stereocenters. The molecule has 1 aromatic carbocycles. The van der Waals surface area contributed by atoms with Crippen LogP contribution in [0.2, 0.25) is 0 Å². The Kier molecular flexibility index (Phi) is 3.50. The molecule has 0 N–H and O–H groups in total. The Morgan fingerprint density at radius 2 is 1.64 bits per heavy atom. The lowest BCUT2D eigenvalue weighted by Crippen LogP contribution is -2.42. The summed E-state index contributed by atoms with van der Waals surface area (Å²) in [4.78, 5) is 7.03. The highest BCUT2D eigenvalue weighted by atomic mass is 79.9. The van der Waals surface area contributed by atoms with Crippen LogP contribution in [0, 0.1) is 6.92 Å². The molecular formula is C19H23BrN2. The Balaban J connectivity index is 2.16. The third-order valence-corrected chi connectivity index (χ3v) is 6.19. The van der Waals surface area contributed by atoms with E-state index in [1.807, 2.05) is 6.20 Å². The van der Waals surface area contributed by atoms with E-state index in [-0.39, 0.29) is 11.1 Å². The molecule has 2 nitrogen and oxygen atoms in total. The second kappa shape index (κ2) is 4.90. The summed E-state index contributed by atoms with van der Waals surface area (Å²) in [5.41, 5.74) is 6.33. The first kappa shape index (κ1) is 15.7. The van der Waals surface area contributed by atoms with E-state index in [9.17, 15) is 0 Å². The van der Waals surface area contributed by atoms with Crippen molar-refractivity contribution in [1.29, 1.82) is 0 Å². The maximum absolute atomic E-state index is 4.58. The normalized spacial score (nSPS) is 19.2. The number of benzene rings is 1. The largest absolute Gasteiger partial charge is 0.288 e. The molecule has 1 aliphatic heterocycles. The van der Waals surface area contributed by atoms with Crippen molar-refractivity contribution >= 4 is 15.9 Å². The Labute approximate surface area is 141 Å². The second-order valence-electron chi connectivity index (χ2n) is 7.26. The van der Waals surface area contributed by atoms with Crippen LogP contribution in [-0.2, 0) is 11.1 Å². The van der Waals surface area contributed by atoms with E-state index >= 15 is 0 Å². The highest BCUT2D eigenvalue weighted by Crippen LogP contribution is 2.49. The first-order valence-electron chi connectivity index (χ1n) is 7.67. The summed E-state index contributed by atoms with van der Waals surface area (Å²) >= 11 is 3.52. The van der Waals surface area contributed by atoms with Crippen LogP contribution in [0.15, 0.2) is 34.9 Å². The van der Waals surface area contributed by atoms with Crippen molar-refractivity contribution in [3.05, 3.63) is 51.6 Å². The topological polar surface area (TPSA) is 16.1 Å². The van der Waals surface area contributed by atoms with E-state index in [1.54, 1.807) is 0 Å². The molecule has 2 aromatic rings. The standard InChI is InChI=1S/C19H23BrN2/c1-12-9-17(21-11-16(12)20)13-7-8-14-15(10-13)19(4,5)22(6)18(14,2)3/h7-11H,1-6H3. The molecule has 22 heavy (non-hydrogen) atoms. The lowest BCUT2D eigenvalue weighted by molar-refractivity contribution is 0.0730. The maximum Gasteiger partial charge on any atom is 0.0705 e. The number of hydrogen-bond donors (Lipinski definition) is 0. The van der Waals surface area contributed by atoms with Gasteiger partial charge in [-0.15, -0.1) is 0 Å². The third-order valence-electron chi connectivity index (χ3n) is 5.36. The molecule has 116 valence electrons. The predicted molar refractivity (Wildman–Crippen MR) is 95.9 cm³/mol. The molecule has 0 fully saturated rings. The monoisotopic (exact) mass is 358 g/mol. The fourth-order valence-electron chi connectivity index (χ4n) is 3.50. The van der Waals surface area contributed by atoms with Gasteiger partial charge in [0.25, 0.3) is 0 Å². The minimum Gasteiger partial charge on any atom is -0.288 e. The average Bonchev–Trinajstić information content (AvgIpc) is 2.60. The smallest absolute Gasteiger partial charge is 0.0705 e. The van der Waals surface area contributed by atoms with E-state index in [4.69, 9.17) is 0 Å². The molecule has 0 saturated heterocycles. The summed E-state index contributed by atoms with van der Waals surface area (Å²) < 4.78 is 1.05. The number of aryl methyl sites for hydroxylation is 1.